The molecule has 1 aromatic carbocycles. The van der Waals surface area contributed by atoms with Gasteiger partial charge in [0.2, 0.25) is 0 Å². The molecule has 0 aliphatic rings. The van der Waals surface area contributed by atoms with E-state index in [1.54, 1.807) is 6.07 Å². The number of fused-ring (bicyclic) bond motifs is 1. The summed E-state index contributed by atoms with van der Waals surface area (Å²) in [5.41, 5.74) is 6.46. The fourth-order valence-corrected chi connectivity index (χ4v) is 2.07. The lowest BCUT2D eigenvalue weighted by Gasteiger charge is -2.06. The van der Waals surface area contributed by atoms with Crippen LogP contribution >= 0.6 is 11.6 Å². The van der Waals surface area contributed by atoms with Gasteiger partial charge in [-0.2, -0.15) is 0 Å². The molecule has 0 bridgehead atoms. The first-order valence-electron chi connectivity index (χ1n) is 6.26. The van der Waals surface area contributed by atoms with Gasteiger partial charge in [0.25, 0.3) is 5.91 Å². The van der Waals surface area contributed by atoms with E-state index in [2.05, 4.69) is 10.3 Å². The number of carbonyl (C=O) groups is 1. The molecule has 0 saturated heterocycles. The van der Waals surface area contributed by atoms with E-state index < -0.39 is 0 Å². The Labute approximate surface area is 117 Å². The fraction of sp³-hybridized carbons (Fsp3) is 0.286. The fourth-order valence-electron chi connectivity index (χ4n) is 1.81. The molecule has 0 aliphatic heterocycles. The van der Waals surface area contributed by atoms with Crippen molar-refractivity contribution in [2.24, 2.45) is 5.73 Å². The van der Waals surface area contributed by atoms with Crippen molar-refractivity contribution in [1.29, 1.82) is 0 Å². The van der Waals surface area contributed by atoms with Crippen LogP contribution in [-0.2, 0) is 0 Å². The highest BCUT2D eigenvalue weighted by molar-refractivity contribution is 6.35. The Morgan fingerprint density at radius 1 is 1.32 bits per heavy atom. The maximum Gasteiger partial charge on any atom is 0.269 e. The summed E-state index contributed by atoms with van der Waals surface area (Å²) in [7, 11) is 0. The quantitative estimate of drug-likeness (QED) is 0.825. The number of pyridine rings is 1. The molecule has 0 saturated carbocycles. The Balaban J connectivity index is 2.14. The highest BCUT2D eigenvalue weighted by Crippen LogP contribution is 2.22. The van der Waals surface area contributed by atoms with Crippen molar-refractivity contribution in [3.8, 4) is 0 Å². The van der Waals surface area contributed by atoms with Crippen LogP contribution in [0.3, 0.4) is 0 Å². The van der Waals surface area contributed by atoms with Crippen molar-refractivity contribution in [2.75, 3.05) is 13.1 Å². The maximum absolute atomic E-state index is 11.9. The second kappa shape index (κ2) is 6.50. The summed E-state index contributed by atoms with van der Waals surface area (Å²) in [6.07, 6.45) is 1.76. The van der Waals surface area contributed by atoms with Gasteiger partial charge in [-0.25, -0.2) is 4.98 Å². The molecular formula is C14H16ClN3O. The topological polar surface area (TPSA) is 68.0 Å². The summed E-state index contributed by atoms with van der Waals surface area (Å²) in [6.45, 7) is 1.23. The third-order valence-corrected chi connectivity index (χ3v) is 3.13. The Morgan fingerprint density at radius 3 is 2.89 bits per heavy atom. The van der Waals surface area contributed by atoms with Crippen LogP contribution in [0.25, 0.3) is 10.9 Å². The first-order valence-corrected chi connectivity index (χ1v) is 6.63. The first-order chi connectivity index (χ1) is 9.22. The first kappa shape index (κ1) is 13.8. The van der Waals surface area contributed by atoms with Crippen LogP contribution < -0.4 is 11.1 Å². The average molecular weight is 278 g/mol. The molecule has 2 rings (SSSR count). The largest absolute Gasteiger partial charge is 0.351 e. The van der Waals surface area contributed by atoms with Gasteiger partial charge in [0.05, 0.1) is 10.5 Å². The average Bonchev–Trinajstić information content (AvgIpc) is 2.43. The molecule has 0 spiro atoms. The van der Waals surface area contributed by atoms with Crippen LogP contribution in [0.1, 0.15) is 23.3 Å². The molecule has 0 fully saturated rings. The zero-order chi connectivity index (χ0) is 13.7. The minimum Gasteiger partial charge on any atom is -0.351 e. The summed E-state index contributed by atoms with van der Waals surface area (Å²) < 4.78 is 0. The number of rotatable bonds is 5. The normalized spacial score (nSPS) is 10.6. The Kier molecular flexibility index (Phi) is 4.71. The number of benzene rings is 1. The van der Waals surface area contributed by atoms with Crippen molar-refractivity contribution in [1.82, 2.24) is 10.3 Å². The standard InChI is InChI=1S/C14H16ClN3O/c15-11-9-13(14(19)17-8-4-3-7-16)18-12-6-2-1-5-10(11)12/h1-2,5-6,9H,3-4,7-8,16H2,(H,17,19). The molecule has 100 valence electrons. The van der Waals surface area contributed by atoms with Gasteiger partial charge < -0.3 is 11.1 Å². The van der Waals surface area contributed by atoms with E-state index in [4.69, 9.17) is 17.3 Å². The number of hydrogen-bond acceptors (Lipinski definition) is 3. The molecule has 0 radical (unpaired) electrons. The van der Waals surface area contributed by atoms with Crippen molar-refractivity contribution >= 4 is 28.4 Å². The van der Waals surface area contributed by atoms with E-state index in [0.29, 0.717) is 23.8 Å². The number of unbranched alkanes of at least 4 members (excludes halogenated alkanes) is 1. The van der Waals surface area contributed by atoms with Crippen LogP contribution in [0.15, 0.2) is 30.3 Å². The summed E-state index contributed by atoms with van der Waals surface area (Å²) >= 11 is 6.15. The Hall–Kier alpha value is -1.65. The molecule has 0 unspecified atom stereocenters. The van der Waals surface area contributed by atoms with E-state index in [1.807, 2.05) is 24.3 Å². The van der Waals surface area contributed by atoms with Crippen molar-refractivity contribution < 1.29 is 4.79 Å². The second-order valence-corrected chi connectivity index (χ2v) is 4.67. The van der Waals surface area contributed by atoms with Gasteiger partial charge in [-0.1, -0.05) is 29.8 Å². The lowest BCUT2D eigenvalue weighted by Crippen LogP contribution is -2.25. The molecule has 1 aromatic heterocycles. The second-order valence-electron chi connectivity index (χ2n) is 4.26. The predicted octanol–water partition coefficient (Wildman–Crippen LogP) is 2.36. The van der Waals surface area contributed by atoms with E-state index in [9.17, 15) is 4.79 Å². The molecule has 3 N–H and O–H groups in total. The van der Waals surface area contributed by atoms with Crippen LogP contribution in [-0.4, -0.2) is 24.0 Å². The van der Waals surface area contributed by atoms with Crippen LogP contribution in [0.2, 0.25) is 5.02 Å². The van der Waals surface area contributed by atoms with Crippen LogP contribution in [0.5, 0.6) is 0 Å². The molecule has 19 heavy (non-hydrogen) atoms. The molecular weight excluding hydrogens is 262 g/mol. The van der Waals surface area contributed by atoms with Gasteiger partial charge in [0, 0.05) is 11.9 Å². The van der Waals surface area contributed by atoms with Gasteiger partial charge in [0.15, 0.2) is 0 Å². The lowest BCUT2D eigenvalue weighted by molar-refractivity contribution is 0.0948. The van der Waals surface area contributed by atoms with Crippen LogP contribution in [0, 0.1) is 0 Å². The van der Waals surface area contributed by atoms with Gasteiger partial charge in [-0.05, 0) is 31.5 Å². The number of aromatic nitrogens is 1. The van der Waals surface area contributed by atoms with E-state index >= 15 is 0 Å². The molecule has 1 heterocycles. The van der Waals surface area contributed by atoms with Gasteiger partial charge in [0.1, 0.15) is 5.69 Å². The van der Waals surface area contributed by atoms with Crippen molar-refractivity contribution in [3.05, 3.63) is 41.0 Å². The van der Waals surface area contributed by atoms with Gasteiger partial charge in [-0.15, -0.1) is 0 Å². The Bertz CT molecular complexity index is 586. The van der Waals surface area contributed by atoms with Crippen LogP contribution in [0.4, 0.5) is 0 Å². The Morgan fingerprint density at radius 2 is 2.11 bits per heavy atom. The summed E-state index contributed by atoms with van der Waals surface area (Å²) in [4.78, 5) is 16.3. The molecule has 0 atom stereocenters. The van der Waals surface area contributed by atoms with Crippen molar-refractivity contribution in [3.63, 3.8) is 0 Å². The molecule has 2 aromatic rings. The number of nitrogens with one attached hydrogen (secondary N) is 1. The van der Waals surface area contributed by atoms with Crippen molar-refractivity contribution in [2.45, 2.75) is 12.8 Å². The highest BCUT2D eigenvalue weighted by Gasteiger charge is 2.10. The summed E-state index contributed by atoms with van der Waals surface area (Å²) in [5.74, 6) is -0.204. The minimum atomic E-state index is -0.204. The zero-order valence-electron chi connectivity index (χ0n) is 10.5. The monoisotopic (exact) mass is 277 g/mol. The third-order valence-electron chi connectivity index (χ3n) is 2.81. The van der Waals surface area contributed by atoms with E-state index in [-0.39, 0.29) is 5.91 Å². The summed E-state index contributed by atoms with van der Waals surface area (Å²) in [6, 6.07) is 9.08. The highest BCUT2D eigenvalue weighted by atomic mass is 35.5. The number of nitrogens with two attached hydrogens (primary N) is 1. The summed E-state index contributed by atoms with van der Waals surface area (Å²) in [5, 5.41) is 4.20. The van der Waals surface area contributed by atoms with E-state index in [0.717, 1.165) is 23.7 Å². The third kappa shape index (κ3) is 3.43. The zero-order valence-corrected chi connectivity index (χ0v) is 11.3. The van der Waals surface area contributed by atoms with Gasteiger partial charge >= 0.3 is 0 Å². The predicted molar refractivity (Wildman–Crippen MR) is 77.4 cm³/mol. The number of para-hydroxylation sites is 1. The molecule has 5 heteroatoms. The number of halogens is 1. The molecule has 4 nitrogen and oxygen atoms in total. The van der Waals surface area contributed by atoms with Gasteiger partial charge in [-0.3, -0.25) is 4.79 Å². The minimum absolute atomic E-state index is 0.204. The molecule has 0 aliphatic carbocycles. The number of carbonyl (C=O) groups excluding carboxylic acids is 1. The maximum atomic E-state index is 11.9. The SMILES string of the molecule is NCCCCNC(=O)c1cc(Cl)c2ccccc2n1. The smallest absolute Gasteiger partial charge is 0.269 e. The molecule has 1 amide bonds. The lowest BCUT2D eigenvalue weighted by atomic mass is 10.2. The number of nitrogens with zero attached hydrogens (tertiary/aromatic N) is 1. The number of hydrogen-bond donors (Lipinski definition) is 2. The van der Waals surface area contributed by atoms with E-state index in [1.165, 1.54) is 0 Å². The number of amides is 1.